The lowest BCUT2D eigenvalue weighted by Crippen LogP contribution is -2.32. The lowest BCUT2D eigenvalue weighted by Gasteiger charge is -2.08. The van der Waals surface area contributed by atoms with E-state index in [1.54, 1.807) is 7.05 Å². The molecule has 1 rings (SSSR count). The van der Waals surface area contributed by atoms with Crippen LogP contribution in [0.1, 0.15) is 0 Å². The van der Waals surface area contributed by atoms with Crippen LogP contribution in [0.15, 0.2) is 4.99 Å². The minimum Gasteiger partial charge on any atom is -0.391 e. The van der Waals surface area contributed by atoms with Crippen LogP contribution in [0.5, 0.6) is 0 Å². The van der Waals surface area contributed by atoms with E-state index in [4.69, 9.17) is 5.73 Å². The number of aliphatic imine (C=N–C) groups is 1. The van der Waals surface area contributed by atoms with E-state index in [1.807, 2.05) is 0 Å². The van der Waals surface area contributed by atoms with Crippen molar-refractivity contribution >= 4 is 6.40 Å². The van der Waals surface area contributed by atoms with Crippen LogP contribution in [0.25, 0.3) is 0 Å². The Hall–Kier alpha value is -0.610. The molecule has 40 valence electrons. The van der Waals surface area contributed by atoms with Gasteiger partial charge in [-0.3, -0.25) is 5.73 Å². The molecule has 4 heteroatoms. The zero-order valence-electron chi connectivity index (χ0n) is 4.03. The Balaban J connectivity index is 2.45. The molecule has 0 saturated carbocycles. The molecule has 4 nitrogen and oxygen atoms in total. The van der Waals surface area contributed by atoms with Crippen molar-refractivity contribution in [1.82, 2.24) is 5.06 Å². The molecule has 1 aliphatic heterocycles. The Morgan fingerprint density at radius 1 is 2.00 bits per heavy atom. The number of hydroxylamine groups is 2. The van der Waals surface area contributed by atoms with E-state index in [0.717, 1.165) is 0 Å². The first-order chi connectivity index (χ1) is 3.30. The van der Waals surface area contributed by atoms with Crippen LogP contribution >= 0.6 is 0 Å². The van der Waals surface area contributed by atoms with Gasteiger partial charge in [0.1, 0.15) is 0 Å². The average molecular weight is 101 g/mol. The van der Waals surface area contributed by atoms with Gasteiger partial charge in [0, 0.05) is 7.05 Å². The first kappa shape index (κ1) is 4.55. The highest BCUT2D eigenvalue weighted by atomic mass is 16.7. The van der Waals surface area contributed by atoms with Gasteiger partial charge in [-0.05, 0) is 0 Å². The van der Waals surface area contributed by atoms with Gasteiger partial charge in [-0.15, -0.1) is 5.06 Å². The van der Waals surface area contributed by atoms with Gasteiger partial charge >= 0.3 is 0 Å². The molecule has 0 saturated heterocycles. The molecule has 1 aliphatic rings. The molecule has 0 amide bonds. The highest BCUT2D eigenvalue weighted by Gasteiger charge is 2.11. The number of nitrogens with two attached hydrogens (primary N) is 1. The fourth-order valence-electron chi connectivity index (χ4n) is 0.320. The second kappa shape index (κ2) is 1.48. The minimum absolute atomic E-state index is 0.306. The lowest BCUT2D eigenvalue weighted by molar-refractivity contribution is -0.0493. The monoisotopic (exact) mass is 101 g/mol. The van der Waals surface area contributed by atoms with Gasteiger partial charge in [-0.2, -0.15) is 0 Å². The number of hydrogen-bond donors (Lipinski definition) is 1. The smallest absolute Gasteiger partial charge is 0.199 e. The number of nitrogens with zero attached hydrogens (tertiary/aromatic N) is 2. The van der Waals surface area contributed by atoms with Crippen molar-refractivity contribution < 1.29 is 4.84 Å². The molecule has 0 fully saturated rings. The van der Waals surface area contributed by atoms with Crippen molar-refractivity contribution in [2.45, 2.75) is 6.29 Å². The standard InChI is InChI=1S/C3H7N3O/c1-6-3(4)5-2-7-6/h2-3H,4H2,1H3. The third-order valence-corrected chi connectivity index (χ3v) is 0.800. The maximum atomic E-state index is 5.28. The Bertz CT molecular complexity index is 92.2. The molecule has 0 spiro atoms. The fourth-order valence-corrected chi connectivity index (χ4v) is 0.320. The quantitative estimate of drug-likeness (QED) is 0.431. The van der Waals surface area contributed by atoms with Crippen LogP contribution in [0.4, 0.5) is 0 Å². The predicted molar refractivity (Wildman–Crippen MR) is 25.3 cm³/mol. The molecular weight excluding hydrogens is 94.1 g/mol. The third-order valence-electron chi connectivity index (χ3n) is 0.800. The molecule has 1 unspecified atom stereocenters. The first-order valence-corrected chi connectivity index (χ1v) is 1.97. The van der Waals surface area contributed by atoms with Gasteiger partial charge in [0.2, 0.25) is 0 Å². The summed E-state index contributed by atoms with van der Waals surface area (Å²) in [6.45, 7) is 0. The maximum Gasteiger partial charge on any atom is 0.199 e. The Kier molecular flexibility index (Phi) is 0.958. The summed E-state index contributed by atoms with van der Waals surface area (Å²) in [5, 5.41) is 1.46. The van der Waals surface area contributed by atoms with E-state index in [-0.39, 0.29) is 6.29 Å². The summed E-state index contributed by atoms with van der Waals surface area (Å²) >= 11 is 0. The van der Waals surface area contributed by atoms with Crippen LogP contribution in [0, 0.1) is 0 Å². The van der Waals surface area contributed by atoms with Gasteiger partial charge in [-0.25, -0.2) is 4.99 Å². The number of hydrogen-bond acceptors (Lipinski definition) is 4. The molecule has 2 N–H and O–H groups in total. The molecule has 0 aromatic heterocycles. The Morgan fingerprint density at radius 3 is 2.86 bits per heavy atom. The zero-order chi connectivity index (χ0) is 5.28. The summed E-state index contributed by atoms with van der Waals surface area (Å²) < 4.78 is 0. The number of rotatable bonds is 0. The summed E-state index contributed by atoms with van der Waals surface area (Å²) in [6, 6.07) is 0. The van der Waals surface area contributed by atoms with Crippen LogP contribution in [0.3, 0.4) is 0 Å². The summed E-state index contributed by atoms with van der Waals surface area (Å²) in [5.74, 6) is 0. The second-order valence-corrected chi connectivity index (χ2v) is 1.32. The third kappa shape index (κ3) is 0.703. The molecular formula is C3H7N3O. The van der Waals surface area contributed by atoms with Crippen LogP contribution in [-0.4, -0.2) is 24.8 Å². The van der Waals surface area contributed by atoms with E-state index in [2.05, 4.69) is 9.83 Å². The van der Waals surface area contributed by atoms with Gasteiger partial charge in [-0.1, -0.05) is 0 Å². The van der Waals surface area contributed by atoms with E-state index >= 15 is 0 Å². The molecule has 7 heavy (non-hydrogen) atoms. The summed E-state index contributed by atoms with van der Waals surface area (Å²) in [6.07, 6.45) is 1.02. The zero-order valence-corrected chi connectivity index (χ0v) is 4.03. The average Bonchev–Trinajstić information content (AvgIpc) is 1.91. The van der Waals surface area contributed by atoms with Crippen molar-refractivity contribution in [2.75, 3.05) is 7.05 Å². The summed E-state index contributed by atoms with van der Waals surface area (Å²) in [7, 11) is 1.72. The van der Waals surface area contributed by atoms with Crippen LogP contribution in [0.2, 0.25) is 0 Å². The predicted octanol–water partition coefficient (Wildman–Crippen LogP) is -0.866. The topological polar surface area (TPSA) is 50.8 Å². The fraction of sp³-hybridized carbons (Fsp3) is 0.667. The Labute approximate surface area is 41.5 Å². The van der Waals surface area contributed by atoms with Gasteiger partial charge in [0.25, 0.3) is 0 Å². The normalized spacial score (nSPS) is 30.9. The van der Waals surface area contributed by atoms with Crippen molar-refractivity contribution in [3.8, 4) is 0 Å². The largest absolute Gasteiger partial charge is 0.391 e. The highest BCUT2D eigenvalue weighted by molar-refractivity contribution is 5.47. The van der Waals surface area contributed by atoms with Crippen LogP contribution in [-0.2, 0) is 4.84 Å². The van der Waals surface area contributed by atoms with E-state index < -0.39 is 0 Å². The van der Waals surface area contributed by atoms with E-state index in [0.29, 0.717) is 0 Å². The highest BCUT2D eigenvalue weighted by Crippen LogP contribution is 1.95. The van der Waals surface area contributed by atoms with E-state index in [9.17, 15) is 0 Å². The van der Waals surface area contributed by atoms with Crippen molar-refractivity contribution in [3.05, 3.63) is 0 Å². The van der Waals surface area contributed by atoms with E-state index in [1.165, 1.54) is 11.5 Å². The molecule has 0 aromatic rings. The van der Waals surface area contributed by atoms with Gasteiger partial charge < -0.3 is 4.84 Å². The second-order valence-electron chi connectivity index (χ2n) is 1.32. The van der Waals surface area contributed by atoms with Crippen molar-refractivity contribution in [1.29, 1.82) is 0 Å². The Morgan fingerprint density at radius 2 is 2.71 bits per heavy atom. The summed E-state index contributed by atoms with van der Waals surface area (Å²) in [5.41, 5.74) is 5.28. The molecule has 0 aromatic carbocycles. The van der Waals surface area contributed by atoms with Gasteiger partial charge in [0.05, 0.1) is 0 Å². The molecule has 0 aliphatic carbocycles. The molecule has 0 bridgehead atoms. The summed E-state index contributed by atoms with van der Waals surface area (Å²) in [4.78, 5) is 8.36. The maximum absolute atomic E-state index is 5.28. The molecule has 1 heterocycles. The van der Waals surface area contributed by atoms with Crippen LogP contribution < -0.4 is 5.73 Å². The molecule has 1 atom stereocenters. The van der Waals surface area contributed by atoms with Gasteiger partial charge in [0.15, 0.2) is 12.7 Å². The molecule has 0 radical (unpaired) electrons. The van der Waals surface area contributed by atoms with Crippen molar-refractivity contribution in [2.24, 2.45) is 10.7 Å². The SMILES string of the molecule is CN1OC=NC1N. The lowest BCUT2D eigenvalue weighted by atomic mass is 10.9. The minimum atomic E-state index is -0.306. The van der Waals surface area contributed by atoms with Crippen molar-refractivity contribution in [3.63, 3.8) is 0 Å². The first-order valence-electron chi connectivity index (χ1n) is 1.97.